The van der Waals surface area contributed by atoms with E-state index in [1.165, 1.54) is 0 Å². The van der Waals surface area contributed by atoms with Crippen LogP contribution in [0, 0.1) is 0 Å². The third-order valence-electron chi connectivity index (χ3n) is 12.4. The minimum absolute atomic E-state index is 0.0292. The molecule has 3 aliphatic rings. The third-order valence-corrected chi connectivity index (χ3v) is 12.4. The van der Waals surface area contributed by atoms with Crippen molar-refractivity contribution in [2.75, 3.05) is 27.8 Å². The second kappa shape index (κ2) is 22.7. The smallest absolute Gasteiger partial charge is 0.311 e. The summed E-state index contributed by atoms with van der Waals surface area (Å²) in [5, 5.41) is 1.90. The number of para-hydroxylation sites is 2. The number of hydrogen-bond acceptors (Lipinski definition) is 10. The van der Waals surface area contributed by atoms with Crippen molar-refractivity contribution in [3.8, 4) is 46.0 Å². The summed E-state index contributed by atoms with van der Waals surface area (Å²) in [4.78, 5) is 36.4. The molecule has 372 valence electrons. The number of carbonyl (C=O) groups excluding carboxylic acids is 2. The summed E-state index contributed by atoms with van der Waals surface area (Å²) in [6, 6.07) is 38.9. The molecule has 12 nitrogen and oxygen atoms in total. The van der Waals surface area contributed by atoms with E-state index in [0.717, 1.165) is 55.4 Å². The topological polar surface area (TPSA) is 140 Å². The van der Waals surface area contributed by atoms with E-state index in [1.807, 2.05) is 109 Å². The van der Waals surface area contributed by atoms with Gasteiger partial charge in [-0.2, -0.15) is 0 Å². The van der Waals surface area contributed by atoms with Crippen molar-refractivity contribution in [1.82, 2.24) is 9.97 Å². The van der Waals surface area contributed by atoms with Gasteiger partial charge in [0.1, 0.15) is 23.0 Å². The highest BCUT2D eigenvalue weighted by Crippen LogP contribution is 2.49. The number of nitrogens with one attached hydrogen (secondary N) is 2. The number of H-pyrrole nitrogens is 2. The number of halogens is 6. The second-order valence-electron chi connectivity index (χ2n) is 16.4. The predicted molar refractivity (Wildman–Crippen MR) is 280 cm³/mol. The molecule has 3 aliphatic heterocycles. The molecule has 0 fully saturated rings. The van der Waals surface area contributed by atoms with Gasteiger partial charge in [0.25, 0.3) is 0 Å². The van der Waals surface area contributed by atoms with Gasteiger partial charge in [-0.05, 0) is 83.6 Å². The Balaban J connectivity index is 0.000000616. The van der Waals surface area contributed by atoms with Crippen molar-refractivity contribution in [1.29, 1.82) is 0 Å². The van der Waals surface area contributed by atoms with E-state index >= 15 is 0 Å². The van der Waals surface area contributed by atoms with Crippen molar-refractivity contribution in [2.24, 2.45) is 0 Å². The van der Waals surface area contributed by atoms with Crippen molar-refractivity contribution in [2.45, 2.75) is 46.1 Å². The number of fused-ring (bicyclic) bond motifs is 10. The van der Waals surface area contributed by atoms with Crippen molar-refractivity contribution in [3.05, 3.63) is 166 Å². The van der Waals surface area contributed by atoms with Crippen molar-refractivity contribution >= 4 is 103 Å². The van der Waals surface area contributed by atoms with E-state index in [1.54, 1.807) is 26.4 Å². The lowest BCUT2D eigenvalue weighted by Gasteiger charge is -2.24. The molecule has 0 aliphatic carbocycles. The van der Waals surface area contributed by atoms with Gasteiger partial charge in [0.05, 0.1) is 41.6 Å². The maximum Gasteiger partial charge on any atom is 0.311 e. The third kappa shape index (κ3) is 11.2. The highest BCUT2D eigenvalue weighted by atomic mass is 35.6. The first-order valence-corrected chi connectivity index (χ1v) is 24.6. The largest absolute Gasteiger partial charge is 0.497 e. The van der Waals surface area contributed by atoms with Crippen LogP contribution in [0.4, 0.5) is 0 Å². The van der Waals surface area contributed by atoms with E-state index in [9.17, 15) is 9.59 Å². The van der Waals surface area contributed by atoms with Crippen LogP contribution in [0.15, 0.2) is 121 Å². The number of methoxy groups -OCH3 is 2. The Labute approximate surface area is 446 Å². The molecule has 0 saturated carbocycles. The van der Waals surface area contributed by atoms with Crippen molar-refractivity contribution < 1.29 is 50.2 Å². The zero-order valence-electron chi connectivity index (χ0n) is 40.3. The number of esters is 2. The number of carbonyl (C=O) groups is 2. The lowest BCUT2D eigenvalue weighted by atomic mass is 9.84. The van der Waals surface area contributed by atoms with Gasteiger partial charge >= 0.3 is 11.9 Å². The van der Waals surface area contributed by atoms with Crippen molar-refractivity contribution in [3.63, 3.8) is 0 Å². The summed E-state index contributed by atoms with van der Waals surface area (Å²) in [5.74, 6) is 2.16. The number of benzene rings is 6. The van der Waals surface area contributed by atoms with Gasteiger partial charge in [-0.1, -0.05) is 130 Å². The van der Waals surface area contributed by atoms with Crippen LogP contribution in [0.25, 0.3) is 21.8 Å². The van der Waals surface area contributed by atoms with Gasteiger partial charge in [-0.3, -0.25) is 9.59 Å². The molecule has 0 spiro atoms. The molecule has 0 radical (unpaired) electrons. The summed E-state index contributed by atoms with van der Waals surface area (Å²) in [5.41, 5.74) is 8.37. The Hall–Kier alpha value is -6.12. The summed E-state index contributed by atoms with van der Waals surface area (Å²) < 4.78 is 56.5. The SMILES string of the molecule is COc1ccc([C@@H]2c3cc4c(cc3OC(=O)CCc3c([nH]c5ccccc35)[C@@H](c3ccc(OC)cc3)c3cc5c(cc3OC(=O)CCc3c2[nH]c2ccccc32)OCO5)OCO4)cc1.[2H]C(Cl)(Cl)Cl.[2H]C(Cl)(Cl)Cl. The van der Waals surface area contributed by atoms with E-state index in [4.69, 9.17) is 110 Å². The zero-order valence-corrected chi connectivity index (χ0v) is 42.8. The Morgan fingerprint density at radius 1 is 0.500 bits per heavy atom. The summed E-state index contributed by atoms with van der Waals surface area (Å²) in [6.45, 7) is 0.0584. The van der Waals surface area contributed by atoms with Gasteiger partial charge < -0.3 is 47.9 Å². The molecule has 11 rings (SSSR count). The Bertz CT molecular complexity index is 3110. The standard InChI is InChI=1S/C52H42N2O10.2CHCl3/c1-57-31-15-11-29(12-16-31)49-37-23-43-45(61-27-59-43)25-41(37)63-47(55)22-20-36-34-8-4-6-10-40(34)54-52(36)50(30-13-17-32(58-2)18-14-30)38-24-44-46(62-28-60-44)26-42(38)64-48(56)21-19-35-33-7-3-5-9-39(33)53-51(35)49;2*2-1(3)4/h3-18,23-26,49-50,53-54H,19-22,27-28H2,1-2H3;2*1H/t49-,50+;;/i;2*1D. The maximum atomic E-state index is 14.5. The first-order valence-electron chi connectivity index (χ1n) is 23.3. The monoisotopic (exact) mass is 1090 g/mol. The van der Waals surface area contributed by atoms with E-state index in [2.05, 4.69) is 9.97 Å². The zero-order chi connectivity index (χ0) is 52.3. The van der Waals surface area contributed by atoms with E-state index < -0.39 is 32.3 Å². The molecule has 8 aromatic rings. The Morgan fingerprint density at radius 2 is 0.847 bits per heavy atom. The molecule has 6 aromatic carbocycles. The highest BCUT2D eigenvalue weighted by Gasteiger charge is 2.34. The summed E-state index contributed by atoms with van der Waals surface area (Å²) in [6.07, 6.45) is 0.703. The number of aryl methyl sites for hydroxylation is 2. The van der Waals surface area contributed by atoms with E-state index in [-0.39, 0.29) is 26.4 Å². The first-order chi connectivity index (χ1) is 35.4. The Kier molecular flexibility index (Phi) is 15.2. The molecular formula is C54H44Cl6N2O10. The lowest BCUT2D eigenvalue weighted by Crippen LogP contribution is -2.16. The molecule has 0 saturated heterocycles. The molecule has 2 N–H and O–H groups in total. The van der Waals surface area contributed by atoms with Crippen LogP contribution in [0.2, 0.25) is 0 Å². The van der Waals surface area contributed by atoms with E-state index in [0.29, 0.717) is 70.0 Å². The molecule has 2 aromatic heterocycles. The average Bonchev–Trinajstić information content (AvgIpc) is 4.17. The molecule has 0 amide bonds. The fraction of sp³-hybridized carbons (Fsp3) is 0.222. The molecule has 2 atom stereocenters. The average molecular weight is 1100 g/mol. The molecule has 18 heteroatoms. The second-order valence-corrected chi connectivity index (χ2v) is 19.8. The lowest BCUT2D eigenvalue weighted by molar-refractivity contribution is -0.135. The normalized spacial score (nSPS) is 16.8. The quantitative estimate of drug-likeness (QED) is 0.0994. The fourth-order valence-electron chi connectivity index (χ4n) is 9.38. The fourth-order valence-corrected chi connectivity index (χ4v) is 9.38. The predicted octanol–water partition coefficient (Wildman–Crippen LogP) is 13.8. The molecule has 72 heavy (non-hydrogen) atoms. The molecule has 0 unspecified atom stereocenters. The maximum absolute atomic E-state index is 14.5. The van der Waals surface area contributed by atoms with Gasteiger partial charge in [0.15, 0.2) is 31.5 Å². The first kappa shape index (κ1) is 48.2. The highest BCUT2D eigenvalue weighted by molar-refractivity contribution is 6.63. The number of aromatic amines is 2. The Morgan fingerprint density at radius 3 is 1.21 bits per heavy atom. The number of aromatic nitrogens is 2. The van der Waals surface area contributed by atoms with Crippen LogP contribution < -0.4 is 37.9 Å². The number of hydrogen-bond donors (Lipinski definition) is 2. The van der Waals surface area contributed by atoms with Gasteiger partial charge in [-0.25, -0.2) is 0 Å². The summed E-state index contributed by atoms with van der Waals surface area (Å²) in [7, 11) is 3.25. The number of alkyl halides is 6. The van der Waals surface area contributed by atoms with Gasteiger partial charge in [-0.15, -0.1) is 0 Å². The molecule has 0 bridgehead atoms. The van der Waals surface area contributed by atoms with Crippen LogP contribution in [0.5, 0.6) is 46.0 Å². The van der Waals surface area contributed by atoms with Gasteiger partial charge in [0.2, 0.25) is 13.6 Å². The van der Waals surface area contributed by atoms with Crippen LogP contribution in [0.3, 0.4) is 0 Å². The number of ether oxygens (including phenoxy) is 8. The molecular weight excluding hydrogens is 1050 g/mol. The number of rotatable bonds is 4. The minimum atomic E-state index is -1.83. The molecule has 5 heterocycles. The van der Waals surface area contributed by atoms with Crippen LogP contribution in [-0.4, -0.2) is 58.3 Å². The minimum Gasteiger partial charge on any atom is -0.497 e. The van der Waals surface area contributed by atoms with Crippen LogP contribution in [0.1, 0.15) is 72.2 Å². The summed E-state index contributed by atoms with van der Waals surface area (Å²) >= 11 is 28.4. The van der Waals surface area contributed by atoms with Crippen LogP contribution >= 0.6 is 69.6 Å². The van der Waals surface area contributed by atoms with Crippen LogP contribution in [-0.2, 0) is 22.4 Å². The van der Waals surface area contributed by atoms with Gasteiger partial charge in [0, 0.05) is 56.5 Å².